The van der Waals surface area contributed by atoms with Gasteiger partial charge in [0.2, 0.25) is 0 Å². The number of rotatable bonds is 15. The summed E-state index contributed by atoms with van der Waals surface area (Å²) in [6.07, 6.45) is 1.15. The summed E-state index contributed by atoms with van der Waals surface area (Å²) in [6.45, 7) is 8.01. The Balaban J connectivity index is 1.77. The molecule has 0 unspecified atom stereocenters. The Labute approximate surface area is 243 Å². The monoisotopic (exact) mass is 561 g/mol. The number of amides is 2. The van der Waals surface area contributed by atoms with Crippen LogP contribution in [0.4, 0.5) is 0 Å². The molecule has 8 nitrogen and oxygen atoms in total. The summed E-state index contributed by atoms with van der Waals surface area (Å²) in [5, 5.41) is 27.1. The van der Waals surface area contributed by atoms with Crippen molar-refractivity contribution in [2.24, 2.45) is 0 Å². The molecule has 41 heavy (non-hydrogen) atoms. The first kappa shape index (κ1) is 31.6. The lowest BCUT2D eigenvalue weighted by atomic mass is 9.99. The molecular formula is C33H43N3O5. The summed E-state index contributed by atoms with van der Waals surface area (Å²) < 4.78 is 5.28. The van der Waals surface area contributed by atoms with E-state index in [0.717, 1.165) is 35.3 Å². The first-order valence-corrected chi connectivity index (χ1v) is 14.3. The molecule has 0 fully saturated rings. The number of benzene rings is 3. The second kappa shape index (κ2) is 15.8. The van der Waals surface area contributed by atoms with Crippen LogP contribution in [0.25, 0.3) is 0 Å². The number of aromatic hydroxyl groups is 1. The molecule has 0 aliphatic carbocycles. The van der Waals surface area contributed by atoms with E-state index in [0.29, 0.717) is 37.2 Å². The highest BCUT2D eigenvalue weighted by Gasteiger charge is 2.24. The second-order valence-electron chi connectivity index (χ2n) is 10.4. The highest BCUT2D eigenvalue weighted by atomic mass is 16.5. The summed E-state index contributed by atoms with van der Waals surface area (Å²) in [4.78, 5) is 28.6. The van der Waals surface area contributed by atoms with E-state index in [1.165, 1.54) is 0 Å². The third kappa shape index (κ3) is 9.62. The van der Waals surface area contributed by atoms with E-state index < -0.39 is 12.1 Å². The van der Waals surface area contributed by atoms with Crippen LogP contribution < -0.4 is 15.4 Å². The van der Waals surface area contributed by atoms with E-state index in [1.807, 2.05) is 56.0 Å². The largest absolute Gasteiger partial charge is 0.508 e. The smallest absolute Gasteiger partial charge is 0.253 e. The Morgan fingerprint density at radius 3 is 2.27 bits per heavy atom. The summed E-state index contributed by atoms with van der Waals surface area (Å²) in [5.41, 5.74) is 3.52. The highest BCUT2D eigenvalue weighted by Crippen LogP contribution is 2.17. The quantitative estimate of drug-likeness (QED) is 0.218. The van der Waals surface area contributed by atoms with Crippen LogP contribution >= 0.6 is 0 Å². The second-order valence-corrected chi connectivity index (χ2v) is 10.4. The van der Waals surface area contributed by atoms with E-state index in [4.69, 9.17) is 4.74 Å². The molecule has 4 N–H and O–H groups in total. The first-order valence-electron chi connectivity index (χ1n) is 14.3. The number of phenolic OH excluding ortho intramolecular Hbond substituents is 1. The fourth-order valence-corrected chi connectivity index (χ4v) is 4.78. The van der Waals surface area contributed by atoms with Gasteiger partial charge in [-0.1, -0.05) is 38.1 Å². The molecule has 3 aromatic carbocycles. The van der Waals surface area contributed by atoms with E-state index in [2.05, 4.69) is 10.6 Å². The van der Waals surface area contributed by atoms with E-state index in [9.17, 15) is 19.8 Å². The van der Waals surface area contributed by atoms with Crippen molar-refractivity contribution in [2.45, 2.75) is 58.7 Å². The van der Waals surface area contributed by atoms with Gasteiger partial charge in [0.15, 0.2) is 0 Å². The maximum absolute atomic E-state index is 13.5. The SMILES string of the molecule is CCCN(CCC)C(=O)c1cc(C)cc(C(=O)N[C@@H](Cc2ccc(O)cc2)[C@@H](O)CNCc2cccc(OC)c2)c1. The van der Waals surface area contributed by atoms with Crippen LogP contribution in [0, 0.1) is 6.92 Å². The Kier molecular flexibility index (Phi) is 12.2. The maximum Gasteiger partial charge on any atom is 0.253 e. The first-order chi connectivity index (χ1) is 19.7. The average Bonchev–Trinajstić information content (AvgIpc) is 2.97. The summed E-state index contributed by atoms with van der Waals surface area (Å²) in [7, 11) is 1.62. The topological polar surface area (TPSA) is 111 Å². The minimum absolute atomic E-state index is 0.0890. The predicted molar refractivity (Wildman–Crippen MR) is 161 cm³/mol. The van der Waals surface area contributed by atoms with Crippen LogP contribution in [-0.2, 0) is 13.0 Å². The Morgan fingerprint density at radius 1 is 0.927 bits per heavy atom. The van der Waals surface area contributed by atoms with Gasteiger partial charge in [-0.3, -0.25) is 9.59 Å². The summed E-state index contributed by atoms with van der Waals surface area (Å²) in [5.74, 6) is 0.447. The molecule has 0 spiro atoms. The Bertz CT molecular complexity index is 1270. The van der Waals surface area contributed by atoms with Gasteiger partial charge in [-0.25, -0.2) is 0 Å². The number of carbonyl (C=O) groups excluding carboxylic acids is 2. The van der Waals surface area contributed by atoms with E-state index >= 15 is 0 Å². The lowest BCUT2D eigenvalue weighted by molar-refractivity contribution is 0.0755. The third-order valence-corrected chi connectivity index (χ3v) is 6.85. The molecule has 2 amide bonds. The average molecular weight is 562 g/mol. The van der Waals surface area contributed by atoms with Crippen molar-refractivity contribution >= 4 is 11.8 Å². The minimum atomic E-state index is -0.908. The number of phenols is 1. The fourth-order valence-electron chi connectivity index (χ4n) is 4.78. The zero-order valence-corrected chi connectivity index (χ0v) is 24.5. The predicted octanol–water partition coefficient (Wildman–Crippen LogP) is 4.46. The standard InChI is InChI=1S/C33H43N3O5/c1-5-14-36(15-6-2)33(40)27-17-23(3)16-26(20-27)32(39)35-30(19-24-10-12-28(37)13-11-24)31(38)22-34-21-25-8-7-9-29(18-25)41-4/h7-13,16-18,20,30-31,34,37-38H,5-6,14-15,19,21-22H2,1-4H3,(H,35,39)/t30-,31-/m0/s1. The molecule has 2 atom stereocenters. The number of carbonyl (C=O) groups is 2. The van der Waals surface area contributed by atoms with Gasteiger partial charge in [0.05, 0.1) is 19.3 Å². The Morgan fingerprint density at radius 2 is 1.61 bits per heavy atom. The van der Waals surface area contributed by atoms with Gasteiger partial charge in [-0.2, -0.15) is 0 Å². The van der Waals surface area contributed by atoms with Gasteiger partial charge in [-0.05, 0) is 85.3 Å². The van der Waals surface area contributed by atoms with Crippen molar-refractivity contribution in [3.63, 3.8) is 0 Å². The third-order valence-electron chi connectivity index (χ3n) is 6.85. The molecule has 8 heteroatoms. The molecule has 0 aliphatic rings. The number of methoxy groups -OCH3 is 1. The molecule has 0 aromatic heterocycles. The number of nitrogens with one attached hydrogen (secondary N) is 2. The van der Waals surface area contributed by atoms with Gasteiger partial charge in [0.1, 0.15) is 11.5 Å². The van der Waals surface area contributed by atoms with E-state index in [-0.39, 0.29) is 24.1 Å². The van der Waals surface area contributed by atoms with Crippen LogP contribution in [0.2, 0.25) is 0 Å². The van der Waals surface area contributed by atoms with Crippen molar-refractivity contribution in [3.05, 3.63) is 94.5 Å². The molecule has 0 heterocycles. The van der Waals surface area contributed by atoms with Crippen LogP contribution in [0.5, 0.6) is 11.5 Å². The number of hydrogen-bond acceptors (Lipinski definition) is 6. The lowest BCUT2D eigenvalue weighted by Crippen LogP contribution is -2.48. The number of hydrogen-bond donors (Lipinski definition) is 4. The molecule has 0 saturated carbocycles. The van der Waals surface area contributed by atoms with Gasteiger partial charge in [-0.15, -0.1) is 0 Å². The van der Waals surface area contributed by atoms with Crippen molar-refractivity contribution in [2.75, 3.05) is 26.7 Å². The molecule has 0 saturated heterocycles. The van der Waals surface area contributed by atoms with Crippen molar-refractivity contribution in [1.29, 1.82) is 0 Å². The van der Waals surface area contributed by atoms with Crippen molar-refractivity contribution < 1.29 is 24.5 Å². The summed E-state index contributed by atoms with van der Waals surface area (Å²) in [6, 6.07) is 18.9. The number of ether oxygens (including phenoxy) is 1. The van der Waals surface area contributed by atoms with Crippen LogP contribution in [0.1, 0.15) is 64.1 Å². The number of aliphatic hydroxyl groups excluding tert-OH is 1. The van der Waals surface area contributed by atoms with Gasteiger partial charge >= 0.3 is 0 Å². The van der Waals surface area contributed by atoms with Crippen molar-refractivity contribution in [1.82, 2.24) is 15.5 Å². The molecule has 3 aromatic rings. The highest BCUT2D eigenvalue weighted by molar-refractivity contribution is 6.00. The molecule has 0 radical (unpaired) electrons. The Hall–Kier alpha value is -3.88. The van der Waals surface area contributed by atoms with Gasteiger partial charge in [0, 0.05) is 37.3 Å². The molecule has 0 aliphatic heterocycles. The zero-order valence-electron chi connectivity index (χ0n) is 24.5. The van der Waals surface area contributed by atoms with Crippen LogP contribution in [0.15, 0.2) is 66.7 Å². The number of aryl methyl sites for hydroxylation is 1. The minimum Gasteiger partial charge on any atom is -0.508 e. The van der Waals surface area contributed by atoms with E-state index in [1.54, 1.807) is 43.5 Å². The fraction of sp³-hybridized carbons (Fsp3) is 0.394. The molecule has 220 valence electrons. The normalized spacial score (nSPS) is 12.4. The summed E-state index contributed by atoms with van der Waals surface area (Å²) >= 11 is 0. The van der Waals surface area contributed by atoms with Gasteiger partial charge in [0.25, 0.3) is 11.8 Å². The number of aliphatic hydroxyl groups is 1. The van der Waals surface area contributed by atoms with Crippen LogP contribution in [0.3, 0.4) is 0 Å². The molecule has 3 rings (SSSR count). The molecular weight excluding hydrogens is 518 g/mol. The lowest BCUT2D eigenvalue weighted by Gasteiger charge is -2.25. The maximum atomic E-state index is 13.5. The van der Waals surface area contributed by atoms with Crippen LogP contribution in [-0.4, -0.2) is 65.8 Å². The zero-order chi connectivity index (χ0) is 29.8. The van der Waals surface area contributed by atoms with Gasteiger partial charge < -0.3 is 30.5 Å². The van der Waals surface area contributed by atoms with Crippen molar-refractivity contribution in [3.8, 4) is 11.5 Å². The number of nitrogens with zero attached hydrogens (tertiary/aromatic N) is 1. The molecule has 0 bridgehead atoms.